The highest BCUT2D eigenvalue weighted by Crippen LogP contribution is 2.28. The van der Waals surface area contributed by atoms with Gasteiger partial charge in [0.05, 0.1) is 15.9 Å². The third-order valence-electron chi connectivity index (χ3n) is 6.74. The lowest BCUT2D eigenvalue weighted by Gasteiger charge is -2.29. The number of benzene rings is 3. The van der Waals surface area contributed by atoms with E-state index in [4.69, 9.17) is 0 Å². The third-order valence-corrected chi connectivity index (χ3v) is 8.26. The van der Waals surface area contributed by atoms with Crippen LogP contribution in [-0.4, -0.2) is 25.3 Å². The van der Waals surface area contributed by atoms with E-state index in [-0.39, 0.29) is 34.1 Å². The molecule has 0 radical (unpaired) electrons. The van der Waals surface area contributed by atoms with Gasteiger partial charge in [-0.25, -0.2) is 17.5 Å². The Morgan fingerprint density at radius 1 is 1.00 bits per heavy atom. The average molecular weight is 550 g/mol. The zero-order valence-electron chi connectivity index (χ0n) is 21.3. The quantitative estimate of drug-likeness (QED) is 0.248. The first-order chi connectivity index (χ1) is 18.6. The van der Waals surface area contributed by atoms with Crippen molar-refractivity contribution in [1.82, 2.24) is 10.0 Å². The minimum absolute atomic E-state index is 0.115. The van der Waals surface area contributed by atoms with E-state index in [0.717, 1.165) is 11.6 Å². The Hall–Kier alpha value is -4.07. The van der Waals surface area contributed by atoms with E-state index in [2.05, 4.69) is 21.9 Å². The maximum Gasteiger partial charge on any atom is 0.286 e. The minimum Gasteiger partial charge on any atom is -0.349 e. The SMILES string of the molecule is C[C@@H](NC(=O)[C@H]1CC[C@H](NS(=O)(=O)c2ccc(C#Cc3ccccc3)c([N+](=O)[O-])c2)CC1)c1ccc(F)cc1. The molecule has 0 aliphatic heterocycles. The molecule has 10 heteroatoms. The molecule has 8 nitrogen and oxygen atoms in total. The second kappa shape index (κ2) is 12.2. The Kier molecular flexibility index (Phi) is 8.74. The zero-order valence-corrected chi connectivity index (χ0v) is 22.1. The molecule has 1 amide bonds. The smallest absolute Gasteiger partial charge is 0.286 e. The number of carbonyl (C=O) groups excluding carboxylic acids is 1. The number of nitrogens with zero attached hydrogens (tertiary/aromatic N) is 1. The molecule has 1 saturated carbocycles. The number of nitrogens with one attached hydrogen (secondary N) is 2. The Morgan fingerprint density at radius 2 is 1.67 bits per heavy atom. The second-order valence-electron chi connectivity index (χ2n) is 9.50. The van der Waals surface area contributed by atoms with Crippen LogP contribution in [0, 0.1) is 33.7 Å². The lowest BCUT2D eigenvalue weighted by atomic mass is 9.85. The molecule has 0 saturated heterocycles. The topological polar surface area (TPSA) is 118 Å². The molecule has 202 valence electrons. The van der Waals surface area contributed by atoms with Crippen LogP contribution in [0.5, 0.6) is 0 Å². The zero-order chi connectivity index (χ0) is 28.0. The van der Waals surface area contributed by atoms with Gasteiger partial charge in [-0.3, -0.25) is 14.9 Å². The van der Waals surface area contributed by atoms with Gasteiger partial charge in [0.2, 0.25) is 15.9 Å². The first-order valence-corrected chi connectivity index (χ1v) is 14.0. The summed E-state index contributed by atoms with van der Waals surface area (Å²) < 4.78 is 41.9. The average Bonchev–Trinajstić information content (AvgIpc) is 2.92. The number of amides is 1. The molecule has 1 aliphatic rings. The van der Waals surface area contributed by atoms with Gasteiger partial charge in [0, 0.05) is 23.6 Å². The summed E-state index contributed by atoms with van der Waals surface area (Å²) in [5.41, 5.74) is 1.19. The Balaban J connectivity index is 1.37. The lowest BCUT2D eigenvalue weighted by Crippen LogP contribution is -2.41. The maximum absolute atomic E-state index is 13.2. The van der Waals surface area contributed by atoms with Crippen LogP contribution >= 0.6 is 0 Å². The molecular formula is C29H28FN3O5S. The molecule has 0 spiro atoms. The molecule has 1 atom stereocenters. The van der Waals surface area contributed by atoms with E-state index in [1.807, 2.05) is 13.0 Å². The van der Waals surface area contributed by atoms with Crippen molar-refractivity contribution < 1.29 is 22.5 Å². The van der Waals surface area contributed by atoms with Gasteiger partial charge in [-0.2, -0.15) is 0 Å². The Morgan fingerprint density at radius 3 is 2.31 bits per heavy atom. The van der Waals surface area contributed by atoms with Crippen LogP contribution in [-0.2, 0) is 14.8 Å². The van der Waals surface area contributed by atoms with Gasteiger partial charge in [-0.15, -0.1) is 0 Å². The molecular weight excluding hydrogens is 521 g/mol. The molecule has 0 heterocycles. The van der Waals surface area contributed by atoms with Crippen molar-refractivity contribution in [2.45, 2.75) is 49.6 Å². The van der Waals surface area contributed by atoms with Crippen molar-refractivity contribution in [1.29, 1.82) is 0 Å². The fourth-order valence-electron chi connectivity index (χ4n) is 4.52. The van der Waals surface area contributed by atoms with E-state index >= 15 is 0 Å². The number of nitro groups is 1. The fraction of sp³-hybridized carbons (Fsp3) is 0.276. The third kappa shape index (κ3) is 7.28. The molecule has 2 N–H and O–H groups in total. The summed E-state index contributed by atoms with van der Waals surface area (Å²) in [4.78, 5) is 23.5. The van der Waals surface area contributed by atoms with E-state index in [9.17, 15) is 27.7 Å². The predicted octanol–water partition coefficient (Wildman–Crippen LogP) is 4.85. The highest BCUT2D eigenvalue weighted by Gasteiger charge is 2.30. The van der Waals surface area contributed by atoms with Crippen molar-refractivity contribution in [2.75, 3.05) is 0 Å². The summed E-state index contributed by atoms with van der Waals surface area (Å²) in [6.45, 7) is 1.82. The van der Waals surface area contributed by atoms with Crippen LogP contribution < -0.4 is 10.0 Å². The fourth-order valence-corrected chi connectivity index (χ4v) is 5.85. The molecule has 39 heavy (non-hydrogen) atoms. The van der Waals surface area contributed by atoms with Crippen molar-refractivity contribution >= 4 is 21.6 Å². The van der Waals surface area contributed by atoms with E-state index in [1.54, 1.807) is 36.4 Å². The number of halogens is 1. The monoisotopic (exact) mass is 549 g/mol. The molecule has 0 unspecified atom stereocenters. The van der Waals surface area contributed by atoms with Crippen molar-refractivity contribution in [2.24, 2.45) is 5.92 Å². The number of hydrogen-bond donors (Lipinski definition) is 2. The number of nitro benzene ring substituents is 1. The molecule has 3 aromatic carbocycles. The van der Waals surface area contributed by atoms with E-state index in [0.29, 0.717) is 31.2 Å². The van der Waals surface area contributed by atoms with E-state index in [1.165, 1.54) is 24.3 Å². The molecule has 1 aliphatic carbocycles. The molecule has 1 fully saturated rings. The maximum atomic E-state index is 13.2. The van der Waals surface area contributed by atoms with Crippen molar-refractivity contribution in [3.8, 4) is 11.8 Å². The Bertz CT molecular complexity index is 1510. The number of carbonyl (C=O) groups is 1. The summed E-state index contributed by atoms with van der Waals surface area (Å²) in [7, 11) is -4.03. The Labute approximate surface area is 226 Å². The summed E-state index contributed by atoms with van der Waals surface area (Å²) in [5.74, 6) is 4.86. The summed E-state index contributed by atoms with van der Waals surface area (Å²) in [6, 6.07) is 17.9. The van der Waals surface area contributed by atoms with E-state index < -0.39 is 26.7 Å². The van der Waals surface area contributed by atoms with Crippen LogP contribution in [0.15, 0.2) is 77.7 Å². The molecule has 3 aromatic rings. The highest BCUT2D eigenvalue weighted by molar-refractivity contribution is 7.89. The molecule has 0 bridgehead atoms. The summed E-state index contributed by atoms with van der Waals surface area (Å²) in [5, 5.41) is 14.6. The number of rotatable bonds is 7. The van der Waals surface area contributed by atoms with Crippen LogP contribution in [0.2, 0.25) is 0 Å². The first-order valence-electron chi connectivity index (χ1n) is 12.6. The van der Waals surface area contributed by atoms with Crippen LogP contribution in [0.1, 0.15) is 55.3 Å². The largest absolute Gasteiger partial charge is 0.349 e. The summed E-state index contributed by atoms with van der Waals surface area (Å²) in [6.07, 6.45) is 1.88. The summed E-state index contributed by atoms with van der Waals surface area (Å²) >= 11 is 0. The standard InChI is InChI=1S/C29H28FN3O5S/c1-20(22-9-14-25(30)15-10-22)31-29(34)24-11-16-26(17-12-24)32-39(37,38)27-18-13-23(28(19-27)33(35)36)8-7-21-5-3-2-4-6-21/h2-6,9-10,13-15,18-20,24,26,32H,11-12,16-17H2,1H3,(H,31,34)/t20-,24-,26-/m1/s1. The normalized spacial score (nSPS) is 17.9. The predicted molar refractivity (Wildman–Crippen MR) is 145 cm³/mol. The van der Waals surface area contributed by atoms with Gasteiger partial charge >= 0.3 is 0 Å². The number of hydrogen-bond acceptors (Lipinski definition) is 5. The molecule has 0 aromatic heterocycles. The first kappa shape index (κ1) is 28.0. The van der Waals surface area contributed by atoms with Crippen molar-refractivity contribution in [3.63, 3.8) is 0 Å². The highest BCUT2D eigenvalue weighted by atomic mass is 32.2. The lowest BCUT2D eigenvalue weighted by molar-refractivity contribution is -0.385. The van der Waals surface area contributed by atoms with Crippen LogP contribution in [0.25, 0.3) is 0 Å². The van der Waals surface area contributed by atoms with Gasteiger partial charge in [-0.05, 0) is 74.6 Å². The van der Waals surface area contributed by atoms with Gasteiger partial charge in [0.1, 0.15) is 11.4 Å². The van der Waals surface area contributed by atoms with Crippen molar-refractivity contribution in [3.05, 3.63) is 105 Å². The van der Waals surface area contributed by atoms with Crippen LogP contribution in [0.3, 0.4) is 0 Å². The number of sulfonamides is 1. The van der Waals surface area contributed by atoms with Gasteiger partial charge < -0.3 is 5.32 Å². The minimum atomic E-state index is -4.03. The van der Waals surface area contributed by atoms with Crippen LogP contribution in [0.4, 0.5) is 10.1 Å². The van der Waals surface area contributed by atoms with Gasteiger partial charge in [0.25, 0.3) is 5.69 Å². The second-order valence-corrected chi connectivity index (χ2v) is 11.2. The van der Waals surface area contributed by atoms with Gasteiger partial charge in [-0.1, -0.05) is 42.2 Å². The van der Waals surface area contributed by atoms with Gasteiger partial charge in [0.15, 0.2) is 0 Å². The molecule has 4 rings (SSSR count).